The van der Waals surface area contributed by atoms with Crippen molar-refractivity contribution < 1.29 is 0 Å². The van der Waals surface area contributed by atoms with Gasteiger partial charge in [0.1, 0.15) is 0 Å². The van der Waals surface area contributed by atoms with E-state index in [-0.39, 0.29) is 0 Å². The van der Waals surface area contributed by atoms with Crippen LogP contribution in [0.1, 0.15) is 5.56 Å². The van der Waals surface area contributed by atoms with Crippen molar-refractivity contribution in [3.8, 4) is 0 Å². The highest BCUT2D eigenvalue weighted by Gasteiger charge is 2.10. The van der Waals surface area contributed by atoms with Gasteiger partial charge < -0.3 is 10.2 Å². The van der Waals surface area contributed by atoms with Gasteiger partial charge in [0.2, 0.25) is 0 Å². The van der Waals surface area contributed by atoms with E-state index in [1.54, 1.807) is 0 Å². The van der Waals surface area contributed by atoms with Gasteiger partial charge in [-0.3, -0.25) is 4.90 Å². The fraction of sp³-hybridized carbons (Fsp3) is 0.571. The molecule has 0 bridgehead atoms. The minimum atomic E-state index is 1.10. The van der Waals surface area contributed by atoms with Crippen LogP contribution in [0.4, 0.5) is 5.69 Å². The summed E-state index contributed by atoms with van der Waals surface area (Å²) in [6.45, 7) is 9.04. The van der Waals surface area contributed by atoms with E-state index in [4.69, 9.17) is 0 Å². The molecule has 0 aromatic heterocycles. The van der Waals surface area contributed by atoms with Crippen molar-refractivity contribution in [2.24, 2.45) is 0 Å². The van der Waals surface area contributed by atoms with Crippen LogP contribution < -0.4 is 10.2 Å². The summed E-state index contributed by atoms with van der Waals surface area (Å²) in [6, 6.07) is 8.71. The average Bonchev–Trinajstić information content (AvgIpc) is 2.37. The fourth-order valence-electron chi connectivity index (χ4n) is 2.22. The van der Waals surface area contributed by atoms with Gasteiger partial charge in [-0.05, 0) is 24.6 Å². The van der Waals surface area contributed by atoms with E-state index in [0.717, 1.165) is 26.2 Å². The normalized spacial score (nSPS) is 17.1. The number of anilines is 1. The second-order valence-electron chi connectivity index (χ2n) is 4.85. The largest absolute Gasteiger partial charge is 0.373 e. The smallest absolute Gasteiger partial charge is 0.0366 e. The van der Waals surface area contributed by atoms with Gasteiger partial charge in [0.25, 0.3) is 0 Å². The van der Waals surface area contributed by atoms with E-state index in [2.05, 4.69) is 53.4 Å². The topological polar surface area (TPSA) is 18.5 Å². The molecule has 3 nitrogen and oxygen atoms in total. The standard InChI is InChI=1S/C14H23N3/c1-13-4-3-5-14(12-13)16(2)10-11-17-8-6-15-7-9-17/h3-5,12,15H,6-11H2,1-2H3. The molecule has 1 aromatic rings. The first kappa shape index (κ1) is 12.4. The van der Waals surface area contributed by atoms with Crippen molar-refractivity contribution in [3.63, 3.8) is 0 Å². The zero-order valence-corrected chi connectivity index (χ0v) is 10.9. The lowest BCUT2D eigenvalue weighted by Crippen LogP contribution is -2.46. The Hall–Kier alpha value is -1.06. The van der Waals surface area contributed by atoms with Crippen LogP contribution in [0, 0.1) is 6.92 Å². The number of likely N-dealkylation sites (N-methyl/N-ethyl adjacent to an activating group) is 1. The van der Waals surface area contributed by atoms with Crippen LogP contribution in [-0.4, -0.2) is 51.2 Å². The Morgan fingerprint density at radius 3 is 2.76 bits per heavy atom. The molecule has 0 radical (unpaired) electrons. The first-order valence-electron chi connectivity index (χ1n) is 6.46. The number of nitrogens with one attached hydrogen (secondary N) is 1. The maximum Gasteiger partial charge on any atom is 0.0366 e. The highest BCUT2D eigenvalue weighted by Crippen LogP contribution is 2.13. The molecule has 0 aliphatic carbocycles. The van der Waals surface area contributed by atoms with Crippen molar-refractivity contribution in [1.29, 1.82) is 0 Å². The van der Waals surface area contributed by atoms with E-state index < -0.39 is 0 Å². The molecule has 0 spiro atoms. The lowest BCUT2D eigenvalue weighted by molar-refractivity contribution is 0.246. The average molecular weight is 233 g/mol. The first-order chi connectivity index (χ1) is 8.25. The molecule has 0 saturated carbocycles. The molecule has 1 fully saturated rings. The number of aryl methyl sites for hydroxylation is 1. The van der Waals surface area contributed by atoms with Gasteiger partial charge in [-0.25, -0.2) is 0 Å². The lowest BCUT2D eigenvalue weighted by atomic mass is 10.2. The van der Waals surface area contributed by atoms with Gasteiger partial charge in [0, 0.05) is 52.0 Å². The van der Waals surface area contributed by atoms with Crippen LogP contribution in [0.5, 0.6) is 0 Å². The van der Waals surface area contributed by atoms with Gasteiger partial charge in [-0.15, -0.1) is 0 Å². The van der Waals surface area contributed by atoms with Gasteiger partial charge in [-0.2, -0.15) is 0 Å². The molecular weight excluding hydrogens is 210 g/mol. The minimum absolute atomic E-state index is 1.10. The van der Waals surface area contributed by atoms with E-state index in [1.807, 2.05) is 0 Å². The zero-order chi connectivity index (χ0) is 12.1. The van der Waals surface area contributed by atoms with E-state index >= 15 is 0 Å². The number of benzene rings is 1. The molecule has 17 heavy (non-hydrogen) atoms. The Labute approximate surface area is 104 Å². The lowest BCUT2D eigenvalue weighted by Gasteiger charge is -2.29. The summed E-state index contributed by atoms with van der Waals surface area (Å²) in [6.07, 6.45) is 0. The summed E-state index contributed by atoms with van der Waals surface area (Å²) >= 11 is 0. The summed E-state index contributed by atoms with van der Waals surface area (Å²) in [5, 5.41) is 3.39. The second-order valence-corrected chi connectivity index (χ2v) is 4.85. The molecule has 94 valence electrons. The number of hydrogen-bond donors (Lipinski definition) is 1. The predicted octanol–water partition coefficient (Wildman–Crippen LogP) is 1.34. The van der Waals surface area contributed by atoms with Gasteiger partial charge in [-0.1, -0.05) is 12.1 Å². The van der Waals surface area contributed by atoms with Crippen LogP contribution in [0.3, 0.4) is 0 Å². The first-order valence-corrected chi connectivity index (χ1v) is 6.46. The molecule has 1 heterocycles. The highest BCUT2D eigenvalue weighted by atomic mass is 15.2. The maximum atomic E-state index is 3.39. The SMILES string of the molecule is Cc1cccc(N(C)CCN2CCNCC2)c1. The Morgan fingerprint density at radius 2 is 2.06 bits per heavy atom. The Bertz CT molecular complexity index is 345. The molecule has 0 atom stereocenters. The van der Waals surface area contributed by atoms with Crippen molar-refractivity contribution in [1.82, 2.24) is 10.2 Å². The number of nitrogens with zero attached hydrogens (tertiary/aromatic N) is 2. The molecule has 0 amide bonds. The Morgan fingerprint density at radius 1 is 1.29 bits per heavy atom. The summed E-state index contributed by atoms with van der Waals surface area (Å²) in [7, 11) is 2.18. The van der Waals surface area contributed by atoms with Gasteiger partial charge in [0.05, 0.1) is 0 Å². The third-order valence-electron chi connectivity index (χ3n) is 3.40. The van der Waals surface area contributed by atoms with E-state index in [0.29, 0.717) is 0 Å². The number of rotatable bonds is 4. The number of piperazine rings is 1. The molecule has 0 unspecified atom stereocenters. The highest BCUT2D eigenvalue weighted by molar-refractivity contribution is 5.47. The van der Waals surface area contributed by atoms with Gasteiger partial charge >= 0.3 is 0 Å². The van der Waals surface area contributed by atoms with Crippen molar-refractivity contribution in [2.75, 3.05) is 51.2 Å². The molecular formula is C14H23N3. The van der Waals surface area contributed by atoms with Gasteiger partial charge in [0.15, 0.2) is 0 Å². The van der Waals surface area contributed by atoms with Crippen LogP contribution in [0.2, 0.25) is 0 Å². The zero-order valence-electron chi connectivity index (χ0n) is 10.9. The van der Waals surface area contributed by atoms with E-state index in [9.17, 15) is 0 Å². The molecule has 3 heteroatoms. The summed E-state index contributed by atoms with van der Waals surface area (Å²) in [5.74, 6) is 0. The van der Waals surface area contributed by atoms with Crippen LogP contribution in [-0.2, 0) is 0 Å². The predicted molar refractivity (Wildman–Crippen MR) is 73.8 cm³/mol. The molecule has 1 aliphatic heterocycles. The summed E-state index contributed by atoms with van der Waals surface area (Å²) in [4.78, 5) is 4.87. The quantitative estimate of drug-likeness (QED) is 0.846. The van der Waals surface area contributed by atoms with Crippen molar-refractivity contribution in [3.05, 3.63) is 29.8 Å². The number of hydrogen-bond acceptors (Lipinski definition) is 3. The van der Waals surface area contributed by atoms with Crippen LogP contribution in [0.25, 0.3) is 0 Å². The monoisotopic (exact) mass is 233 g/mol. The fourth-order valence-corrected chi connectivity index (χ4v) is 2.22. The molecule has 1 saturated heterocycles. The second kappa shape index (κ2) is 6.03. The Balaban J connectivity index is 1.82. The Kier molecular flexibility index (Phi) is 4.40. The molecule has 1 N–H and O–H groups in total. The van der Waals surface area contributed by atoms with Crippen LogP contribution >= 0.6 is 0 Å². The molecule has 1 aromatic carbocycles. The maximum absolute atomic E-state index is 3.39. The third-order valence-corrected chi connectivity index (χ3v) is 3.40. The van der Waals surface area contributed by atoms with Crippen LogP contribution in [0.15, 0.2) is 24.3 Å². The van der Waals surface area contributed by atoms with Crippen molar-refractivity contribution in [2.45, 2.75) is 6.92 Å². The third kappa shape index (κ3) is 3.72. The summed E-state index contributed by atoms with van der Waals surface area (Å²) in [5.41, 5.74) is 2.65. The van der Waals surface area contributed by atoms with Crippen molar-refractivity contribution >= 4 is 5.69 Å². The molecule has 1 aliphatic rings. The van der Waals surface area contributed by atoms with E-state index in [1.165, 1.54) is 24.3 Å². The molecule has 2 rings (SSSR count). The minimum Gasteiger partial charge on any atom is -0.373 e. The summed E-state index contributed by atoms with van der Waals surface area (Å²) < 4.78 is 0.